The third-order valence-electron chi connectivity index (χ3n) is 3.62. The molecule has 0 bridgehead atoms. The summed E-state index contributed by atoms with van der Waals surface area (Å²) in [6.07, 6.45) is 1.64. The van der Waals surface area contributed by atoms with E-state index in [2.05, 4.69) is 10.6 Å². The molecular weight excluding hydrogens is 375 g/mol. The number of carbonyl (C=O) groups is 2. The van der Waals surface area contributed by atoms with Gasteiger partial charge in [-0.1, -0.05) is 44.2 Å². The van der Waals surface area contributed by atoms with Crippen LogP contribution in [0.5, 0.6) is 0 Å². The molecule has 2 atom stereocenters. The van der Waals surface area contributed by atoms with Gasteiger partial charge in [-0.15, -0.1) is 0 Å². The van der Waals surface area contributed by atoms with Crippen molar-refractivity contribution in [2.45, 2.75) is 38.7 Å². The van der Waals surface area contributed by atoms with Crippen LogP contribution in [0.1, 0.15) is 25.8 Å². The Bertz CT molecular complexity index is 559. The van der Waals surface area contributed by atoms with E-state index in [-0.39, 0.29) is 12.5 Å². The second-order valence-electron chi connectivity index (χ2n) is 6.05. The number of hydrogen-bond acceptors (Lipinski definition) is 6. The molecule has 0 spiro atoms. The molecule has 146 valence electrons. The topological polar surface area (TPSA) is 108 Å². The van der Waals surface area contributed by atoms with Crippen LogP contribution in [0.15, 0.2) is 30.3 Å². The molecule has 0 heterocycles. The van der Waals surface area contributed by atoms with Crippen LogP contribution >= 0.6 is 20.1 Å². The van der Waals surface area contributed by atoms with Gasteiger partial charge in [0, 0.05) is 0 Å². The Kier molecular flexibility index (Phi) is 10.6. The van der Waals surface area contributed by atoms with E-state index in [1.54, 1.807) is 25.6 Å². The summed E-state index contributed by atoms with van der Waals surface area (Å²) >= 11 is 1.55. The van der Waals surface area contributed by atoms with Gasteiger partial charge in [0.05, 0.1) is 5.78 Å². The Balaban J connectivity index is 2.60. The van der Waals surface area contributed by atoms with Gasteiger partial charge in [-0.25, -0.2) is 4.79 Å². The first-order chi connectivity index (χ1) is 12.3. The Morgan fingerprint density at radius 3 is 2.38 bits per heavy atom. The van der Waals surface area contributed by atoms with E-state index in [1.165, 1.54) is 0 Å². The van der Waals surface area contributed by atoms with Crippen molar-refractivity contribution in [2.24, 2.45) is 5.92 Å². The molecule has 0 saturated heterocycles. The van der Waals surface area contributed by atoms with E-state index in [0.29, 0.717) is 12.2 Å². The quantitative estimate of drug-likeness (QED) is 0.448. The fourth-order valence-electron chi connectivity index (χ4n) is 2.16. The third kappa shape index (κ3) is 8.36. The number of nitrogens with one attached hydrogen (secondary N) is 2. The lowest BCUT2D eigenvalue weighted by Gasteiger charge is -2.25. The van der Waals surface area contributed by atoms with Crippen LogP contribution in [0.2, 0.25) is 0 Å². The van der Waals surface area contributed by atoms with E-state index in [9.17, 15) is 19.4 Å². The second-order valence-corrected chi connectivity index (χ2v) is 8.30. The fourth-order valence-corrected chi connectivity index (χ4v) is 3.40. The lowest BCUT2D eigenvalue weighted by Crippen LogP contribution is -2.52. The van der Waals surface area contributed by atoms with Gasteiger partial charge in [-0.05, 0) is 29.9 Å². The van der Waals surface area contributed by atoms with Crippen LogP contribution < -0.4 is 10.6 Å². The number of hydrogen-bond donors (Lipinski definition) is 4. The highest BCUT2D eigenvalue weighted by molar-refractivity contribution is 7.98. The first-order valence-electron chi connectivity index (χ1n) is 8.28. The highest BCUT2D eigenvalue weighted by Gasteiger charge is 2.28. The smallest absolute Gasteiger partial charge is 0.408 e. The van der Waals surface area contributed by atoms with Crippen LogP contribution in [0, 0.1) is 5.92 Å². The Hall–Kier alpha value is -1.34. The number of ether oxygens (including phenoxy) is 1. The SMILES string of the molecule is CSCCC(NC(=O)[C@@H](NC(=O)OCc1ccccc1)C(C)C)P(O)O. The summed E-state index contributed by atoms with van der Waals surface area (Å²) in [6.45, 7) is 3.69. The largest absolute Gasteiger partial charge is 0.445 e. The monoisotopic (exact) mass is 402 g/mol. The summed E-state index contributed by atoms with van der Waals surface area (Å²) in [5.74, 6) is -0.695. The molecule has 0 saturated carbocycles. The molecule has 0 fully saturated rings. The predicted octanol–water partition coefficient (Wildman–Crippen LogP) is 2.43. The fraction of sp³-hybridized carbons (Fsp3) is 0.529. The van der Waals surface area contributed by atoms with E-state index >= 15 is 0 Å². The molecule has 26 heavy (non-hydrogen) atoms. The first kappa shape index (κ1) is 22.7. The average Bonchev–Trinajstić information content (AvgIpc) is 2.61. The molecule has 1 aromatic rings. The molecule has 0 aliphatic heterocycles. The highest BCUT2D eigenvalue weighted by Crippen LogP contribution is 2.32. The molecular formula is C17H27N2O5PS. The summed E-state index contributed by atoms with van der Waals surface area (Å²) in [5.41, 5.74) is 0.844. The Labute approximate surface area is 159 Å². The molecule has 0 radical (unpaired) electrons. The van der Waals surface area contributed by atoms with Gasteiger partial charge < -0.3 is 25.2 Å². The molecule has 1 rings (SSSR count). The van der Waals surface area contributed by atoms with Crippen molar-refractivity contribution in [1.82, 2.24) is 10.6 Å². The molecule has 0 aromatic heterocycles. The van der Waals surface area contributed by atoms with Crippen molar-refractivity contribution >= 4 is 32.1 Å². The highest BCUT2D eigenvalue weighted by atomic mass is 32.2. The molecule has 1 aromatic carbocycles. The predicted molar refractivity (Wildman–Crippen MR) is 105 cm³/mol. The Morgan fingerprint density at radius 1 is 1.19 bits per heavy atom. The number of alkyl carbamates (subject to hydrolysis) is 1. The van der Waals surface area contributed by atoms with Crippen molar-refractivity contribution < 1.29 is 24.1 Å². The van der Waals surface area contributed by atoms with E-state index in [4.69, 9.17) is 4.74 Å². The van der Waals surface area contributed by atoms with Gasteiger partial charge >= 0.3 is 6.09 Å². The zero-order chi connectivity index (χ0) is 19.5. The van der Waals surface area contributed by atoms with Crippen LogP contribution in [0.25, 0.3) is 0 Å². The van der Waals surface area contributed by atoms with Crippen molar-refractivity contribution in [3.8, 4) is 0 Å². The third-order valence-corrected chi connectivity index (χ3v) is 5.21. The minimum Gasteiger partial charge on any atom is -0.445 e. The minimum absolute atomic E-state index is 0.105. The van der Waals surface area contributed by atoms with Crippen LogP contribution in [-0.4, -0.2) is 45.6 Å². The maximum Gasteiger partial charge on any atom is 0.408 e. The van der Waals surface area contributed by atoms with Crippen LogP contribution in [-0.2, 0) is 16.1 Å². The summed E-state index contributed by atoms with van der Waals surface area (Å²) in [7, 11) is -2.30. The maximum atomic E-state index is 12.5. The summed E-state index contributed by atoms with van der Waals surface area (Å²) in [4.78, 5) is 43.5. The molecule has 7 nitrogen and oxygen atoms in total. The molecule has 1 unspecified atom stereocenters. The maximum absolute atomic E-state index is 12.5. The second kappa shape index (κ2) is 12.1. The average molecular weight is 402 g/mol. The van der Waals surface area contributed by atoms with Gasteiger partial charge in [0.2, 0.25) is 5.91 Å². The number of carbonyl (C=O) groups excluding carboxylic acids is 2. The summed E-state index contributed by atoms with van der Waals surface area (Å²) in [6, 6.07) is 8.40. The van der Waals surface area contributed by atoms with Crippen molar-refractivity contribution in [3.05, 3.63) is 35.9 Å². The molecule has 0 aliphatic rings. The van der Waals surface area contributed by atoms with Gasteiger partial charge in [-0.2, -0.15) is 11.8 Å². The van der Waals surface area contributed by atoms with Gasteiger partial charge in [0.25, 0.3) is 0 Å². The van der Waals surface area contributed by atoms with Crippen LogP contribution in [0.4, 0.5) is 4.79 Å². The van der Waals surface area contributed by atoms with Crippen molar-refractivity contribution in [3.63, 3.8) is 0 Å². The standard InChI is InChI=1S/C17H27N2O5PS/c1-12(2)15(16(20)18-14(25(22)23)9-10-26-3)19-17(21)24-11-13-7-5-4-6-8-13/h4-8,12,14-15,22-23H,9-11H2,1-3H3,(H,18,20)(H,19,21)/t14?,15-/m0/s1. The molecule has 0 aliphatic carbocycles. The zero-order valence-electron chi connectivity index (χ0n) is 15.2. The molecule has 2 amide bonds. The van der Waals surface area contributed by atoms with E-state index in [0.717, 1.165) is 5.56 Å². The van der Waals surface area contributed by atoms with Crippen molar-refractivity contribution in [1.29, 1.82) is 0 Å². The van der Waals surface area contributed by atoms with E-state index in [1.807, 2.05) is 36.6 Å². The number of rotatable bonds is 10. The minimum atomic E-state index is -2.30. The molecule has 4 N–H and O–H groups in total. The number of benzene rings is 1. The lowest BCUT2D eigenvalue weighted by atomic mass is 10.0. The normalized spacial score (nSPS) is 13.3. The Morgan fingerprint density at radius 2 is 1.85 bits per heavy atom. The summed E-state index contributed by atoms with van der Waals surface area (Å²) < 4.78 is 5.15. The molecule has 9 heteroatoms. The summed E-state index contributed by atoms with van der Waals surface area (Å²) in [5, 5.41) is 5.17. The van der Waals surface area contributed by atoms with Crippen molar-refractivity contribution in [2.75, 3.05) is 12.0 Å². The lowest BCUT2D eigenvalue weighted by molar-refractivity contribution is -0.124. The first-order valence-corrected chi connectivity index (χ1v) is 11.0. The van der Waals surface area contributed by atoms with Gasteiger partial charge in [0.1, 0.15) is 12.6 Å². The van der Waals surface area contributed by atoms with E-state index < -0.39 is 32.2 Å². The number of amides is 2. The van der Waals surface area contributed by atoms with Gasteiger partial charge in [-0.3, -0.25) is 4.79 Å². The number of thioether (sulfide) groups is 1. The van der Waals surface area contributed by atoms with Gasteiger partial charge in [0.15, 0.2) is 8.38 Å². The van der Waals surface area contributed by atoms with Crippen LogP contribution in [0.3, 0.4) is 0 Å². The zero-order valence-corrected chi connectivity index (χ0v) is 16.9.